The van der Waals surface area contributed by atoms with Crippen molar-refractivity contribution in [3.05, 3.63) is 23.8 Å². The normalized spacial score (nSPS) is 17.5. The summed E-state index contributed by atoms with van der Waals surface area (Å²) < 4.78 is 10.7. The van der Waals surface area contributed by atoms with E-state index >= 15 is 0 Å². The van der Waals surface area contributed by atoms with Crippen molar-refractivity contribution < 1.29 is 14.6 Å². The van der Waals surface area contributed by atoms with Crippen molar-refractivity contribution >= 4 is 0 Å². The third-order valence-electron chi connectivity index (χ3n) is 3.79. The molecule has 124 valence electrons. The van der Waals surface area contributed by atoms with E-state index in [1.807, 2.05) is 32.0 Å². The fourth-order valence-corrected chi connectivity index (χ4v) is 2.71. The van der Waals surface area contributed by atoms with Gasteiger partial charge in [-0.25, -0.2) is 0 Å². The summed E-state index contributed by atoms with van der Waals surface area (Å²) in [5.74, 6) is 1.67. The Morgan fingerprint density at radius 1 is 1.32 bits per heavy atom. The summed E-state index contributed by atoms with van der Waals surface area (Å²) in [7, 11) is 3.94. The zero-order valence-electron chi connectivity index (χ0n) is 14.1. The molecule has 0 amide bonds. The topological polar surface area (TPSA) is 54.0 Å². The van der Waals surface area contributed by atoms with Crippen LogP contribution in [0.2, 0.25) is 0 Å². The van der Waals surface area contributed by atoms with Crippen molar-refractivity contribution in [2.45, 2.75) is 38.3 Å². The molecule has 0 saturated heterocycles. The number of rotatable bonds is 8. The lowest BCUT2D eigenvalue weighted by Crippen LogP contribution is -2.47. The molecule has 5 heteroatoms. The van der Waals surface area contributed by atoms with Gasteiger partial charge >= 0.3 is 0 Å². The van der Waals surface area contributed by atoms with Crippen molar-refractivity contribution in [1.29, 1.82) is 0 Å². The fourth-order valence-electron chi connectivity index (χ4n) is 2.71. The van der Waals surface area contributed by atoms with Gasteiger partial charge in [-0.3, -0.25) is 0 Å². The van der Waals surface area contributed by atoms with Gasteiger partial charge in [0.05, 0.1) is 5.60 Å². The second kappa shape index (κ2) is 7.31. The van der Waals surface area contributed by atoms with Gasteiger partial charge in [0.15, 0.2) is 11.5 Å². The molecule has 1 aliphatic rings. The van der Waals surface area contributed by atoms with Crippen LogP contribution in [0.5, 0.6) is 11.5 Å². The SMILES string of the molecule is CC(CCc1ccc2c(c1)OCO2)NCC(C)(O)CN(C)C. The van der Waals surface area contributed by atoms with E-state index in [1.54, 1.807) is 0 Å². The average molecular weight is 308 g/mol. The van der Waals surface area contributed by atoms with E-state index in [4.69, 9.17) is 9.47 Å². The summed E-state index contributed by atoms with van der Waals surface area (Å²) in [5.41, 5.74) is 0.536. The first kappa shape index (κ1) is 17.1. The molecular formula is C17H28N2O3. The Labute approximate surface area is 133 Å². The molecule has 2 atom stereocenters. The van der Waals surface area contributed by atoms with Gasteiger partial charge in [0, 0.05) is 19.1 Å². The van der Waals surface area contributed by atoms with Crippen LogP contribution in [0.15, 0.2) is 18.2 Å². The van der Waals surface area contributed by atoms with E-state index in [-0.39, 0.29) is 0 Å². The molecule has 0 aliphatic carbocycles. The summed E-state index contributed by atoms with van der Waals surface area (Å²) in [4.78, 5) is 2.00. The van der Waals surface area contributed by atoms with Crippen molar-refractivity contribution in [2.24, 2.45) is 0 Å². The maximum atomic E-state index is 10.3. The summed E-state index contributed by atoms with van der Waals surface area (Å²) in [6.07, 6.45) is 1.98. The maximum absolute atomic E-state index is 10.3. The number of hydrogen-bond acceptors (Lipinski definition) is 5. The minimum absolute atomic E-state index is 0.317. The number of nitrogens with zero attached hydrogens (tertiary/aromatic N) is 1. The van der Waals surface area contributed by atoms with Gasteiger partial charge in [-0.05, 0) is 58.5 Å². The van der Waals surface area contributed by atoms with E-state index in [9.17, 15) is 5.11 Å². The van der Waals surface area contributed by atoms with Gasteiger partial charge in [0.25, 0.3) is 0 Å². The Balaban J connectivity index is 1.74. The minimum Gasteiger partial charge on any atom is -0.454 e. The highest BCUT2D eigenvalue weighted by atomic mass is 16.7. The van der Waals surface area contributed by atoms with E-state index < -0.39 is 5.60 Å². The van der Waals surface area contributed by atoms with Gasteiger partial charge in [-0.1, -0.05) is 6.07 Å². The Hall–Kier alpha value is -1.30. The van der Waals surface area contributed by atoms with Crippen molar-refractivity contribution in [2.75, 3.05) is 34.0 Å². The zero-order valence-corrected chi connectivity index (χ0v) is 14.1. The molecule has 5 nitrogen and oxygen atoms in total. The Morgan fingerprint density at radius 2 is 2.05 bits per heavy atom. The summed E-state index contributed by atoms with van der Waals surface area (Å²) in [6, 6.07) is 6.45. The minimum atomic E-state index is -0.712. The van der Waals surface area contributed by atoms with Crippen LogP contribution in [-0.4, -0.2) is 55.6 Å². The van der Waals surface area contributed by atoms with Crippen LogP contribution < -0.4 is 14.8 Å². The van der Waals surface area contributed by atoms with Crippen LogP contribution in [0.1, 0.15) is 25.8 Å². The molecule has 1 heterocycles. The molecule has 0 spiro atoms. The van der Waals surface area contributed by atoms with Crippen LogP contribution in [0, 0.1) is 0 Å². The summed E-state index contributed by atoms with van der Waals surface area (Å²) >= 11 is 0. The molecule has 0 saturated carbocycles. The fraction of sp³-hybridized carbons (Fsp3) is 0.647. The number of hydrogen-bond donors (Lipinski definition) is 2. The van der Waals surface area contributed by atoms with Crippen molar-refractivity contribution in [1.82, 2.24) is 10.2 Å². The molecule has 0 fully saturated rings. The first-order valence-electron chi connectivity index (χ1n) is 7.85. The molecule has 1 aromatic carbocycles. The van der Waals surface area contributed by atoms with Crippen molar-refractivity contribution in [3.63, 3.8) is 0 Å². The lowest BCUT2D eigenvalue weighted by atomic mass is 10.0. The highest BCUT2D eigenvalue weighted by Crippen LogP contribution is 2.32. The smallest absolute Gasteiger partial charge is 0.231 e. The lowest BCUT2D eigenvalue weighted by Gasteiger charge is -2.28. The third-order valence-corrected chi connectivity index (χ3v) is 3.79. The molecule has 0 bridgehead atoms. The Morgan fingerprint density at radius 3 is 2.77 bits per heavy atom. The first-order valence-corrected chi connectivity index (χ1v) is 7.85. The van der Waals surface area contributed by atoms with E-state index in [0.717, 1.165) is 24.3 Å². The lowest BCUT2D eigenvalue weighted by molar-refractivity contribution is 0.0316. The first-order chi connectivity index (χ1) is 10.4. The molecule has 2 N–H and O–H groups in total. The number of nitrogens with one attached hydrogen (secondary N) is 1. The van der Waals surface area contributed by atoms with Gasteiger partial charge in [0.1, 0.15) is 0 Å². The Bertz CT molecular complexity index is 489. The van der Waals surface area contributed by atoms with Crippen LogP contribution in [-0.2, 0) is 6.42 Å². The van der Waals surface area contributed by atoms with Crippen LogP contribution >= 0.6 is 0 Å². The second-order valence-electron chi connectivity index (χ2n) is 6.74. The summed E-state index contributed by atoms with van der Waals surface area (Å²) in [5, 5.41) is 13.7. The number of aliphatic hydroxyl groups is 1. The van der Waals surface area contributed by atoms with Gasteiger partial charge in [0.2, 0.25) is 6.79 Å². The van der Waals surface area contributed by atoms with Gasteiger partial charge in [-0.15, -0.1) is 0 Å². The summed E-state index contributed by atoms with van der Waals surface area (Å²) in [6.45, 7) is 5.57. The largest absolute Gasteiger partial charge is 0.454 e. The van der Waals surface area contributed by atoms with E-state index in [2.05, 4.69) is 24.4 Å². The Kier molecular flexibility index (Phi) is 5.67. The number of likely N-dealkylation sites (N-methyl/N-ethyl adjacent to an activating group) is 1. The van der Waals surface area contributed by atoms with Crippen LogP contribution in [0.4, 0.5) is 0 Å². The quantitative estimate of drug-likeness (QED) is 0.765. The number of benzene rings is 1. The molecular weight excluding hydrogens is 280 g/mol. The van der Waals surface area contributed by atoms with E-state index in [1.165, 1.54) is 5.56 Å². The van der Waals surface area contributed by atoms with Crippen LogP contribution in [0.25, 0.3) is 0 Å². The van der Waals surface area contributed by atoms with Gasteiger partial charge in [-0.2, -0.15) is 0 Å². The predicted octanol–water partition coefficient (Wildman–Crippen LogP) is 1.64. The monoisotopic (exact) mass is 308 g/mol. The highest BCUT2D eigenvalue weighted by Gasteiger charge is 2.21. The predicted molar refractivity (Wildman–Crippen MR) is 87.5 cm³/mol. The molecule has 0 aromatic heterocycles. The third kappa shape index (κ3) is 5.16. The average Bonchev–Trinajstić information content (AvgIpc) is 2.89. The highest BCUT2D eigenvalue weighted by molar-refractivity contribution is 5.44. The van der Waals surface area contributed by atoms with Crippen molar-refractivity contribution in [3.8, 4) is 11.5 Å². The molecule has 2 rings (SSSR count). The molecule has 22 heavy (non-hydrogen) atoms. The van der Waals surface area contributed by atoms with Crippen LogP contribution in [0.3, 0.4) is 0 Å². The number of ether oxygens (including phenoxy) is 2. The van der Waals surface area contributed by atoms with Gasteiger partial charge < -0.3 is 24.8 Å². The zero-order chi connectivity index (χ0) is 16.2. The molecule has 2 unspecified atom stereocenters. The standard InChI is InChI=1S/C17H28N2O3/c1-13(18-10-17(2,20)11-19(3)4)5-6-14-7-8-15-16(9-14)22-12-21-15/h7-9,13,18,20H,5-6,10-12H2,1-4H3. The second-order valence-corrected chi connectivity index (χ2v) is 6.74. The molecule has 0 radical (unpaired) electrons. The number of aryl methyl sites for hydroxylation is 1. The van der Waals surface area contributed by atoms with E-state index in [0.29, 0.717) is 25.9 Å². The molecule has 1 aliphatic heterocycles. The molecule has 1 aromatic rings. The number of fused-ring (bicyclic) bond motifs is 1. The maximum Gasteiger partial charge on any atom is 0.231 e.